The zero-order valence-corrected chi connectivity index (χ0v) is 30.9. The molecule has 4 aromatic rings. The highest BCUT2D eigenvalue weighted by Gasteiger charge is 2.18. The average Bonchev–Trinajstić information content (AvgIpc) is 3.16. The molecule has 0 bridgehead atoms. The molecule has 268 valence electrons. The first-order chi connectivity index (χ1) is 25.0. The first-order valence-corrected chi connectivity index (χ1v) is 19.1. The van der Waals surface area contributed by atoms with E-state index >= 15 is 0 Å². The highest BCUT2D eigenvalue weighted by atomic mass is 35.5. The van der Waals surface area contributed by atoms with Crippen LogP contribution in [0.4, 0.5) is 0 Å². The molecule has 8 heteroatoms. The Morgan fingerprint density at radius 3 is 2.35 bits per heavy atom. The Bertz CT molecular complexity index is 1790. The molecule has 0 amide bonds. The third kappa shape index (κ3) is 10.0. The Hall–Kier alpha value is -4.09. The number of benzene rings is 3. The van der Waals surface area contributed by atoms with Crippen molar-refractivity contribution in [3.63, 3.8) is 0 Å². The number of pyridine rings is 1. The first-order valence-electron chi connectivity index (χ1n) is 18.7. The predicted octanol–water partition coefficient (Wildman–Crippen LogP) is 9.73. The highest BCUT2D eigenvalue weighted by Crippen LogP contribution is 2.37. The first kappa shape index (κ1) is 36.7. The lowest BCUT2D eigenvalue weighted by Gasteiger charge is -2.27. The van der Waals surface area contributed by atoms with Crippen LogP contribution < -0.4 is 19.5 Å². The van der Waals surface area contributed by atoms with Gasteiger partial charge in [-0.05, 0) is 112 Å². The van der Waals surface area contributed by atoms with Crippen molar-refractivity contribution in [3.05, 3.63) is 105 Å². The van der Waals surface area contributed by atoms with Crippen LogP contribution in [-0.4, -0.2) is 42.2 Å². The van der Waals surface area contributed by atoms with Crippen molar-refractivity contribution in [3.8, 4) is 34.4 Å². The van der Waals surface area contributed by atoms with Crippen LogP contribution in [0.25, 0.3) is 11.1 Å². The molecular formula is C43H51ClN4O3. The van der Waals surface area contributed by atoms with Crippen LogP contribution in [0, 0.1) is 25.2 Å². The monoisotopic (exact) mass is 706 g/mol. The maximum atomic E-state index is 9.33. The fraction of sp³-hybridized carbons (Fsp3) is 0.442. The molecule has 2 aliphatic rings. The Kier molecular flexibility index (Phi) is 13.2. The summed E-state index contributed by atoms with van der Waals surface area (Å²) in [6.45, 7) is 9.52. The number of hydrogen-bond donors (Lipinski definition) is 1. The summed E-state index contributed by atoms with van der Waals surface area (Å²) >= 11 is 6.89. The van der Waals surface area contributed by atoms with Crippen molar-refractivity contribution in [2.45, 2.75) is 97.4 Å². The molecule has 1 aromatic heterocycles. The minimum Gasteiger partial charge on any atom is -0.493 e. The van der Waals surface area contributed by atoms with Crippen LogP contribution in [0.15, 0.2) is 67.0 Å². The summed E-state index contributed by atoms with van der Waals surface area (Å²) < 4.78 is 19.1. The number of piperidine rings is 1. The van der Waals surface area contributed by atoms with Crippen LogP contribution in [0.5, 0.6) is 17.2 Å². The smallest absolute Gasteiger partial charge is 0.142 e. The zero-order valence-electron chi connectivity index (χ0n) is 30.2. The van der Waals surface area contributed by atoms with E-state index in [4.69, 9.17) is 25.8 Å². The van der Waals surface area contributed by atoms with Gasteiger partial charge in [0.25, 0.3) is 0 Å². The average molecular weight is 707 g/mol. The summed E-state index contributed by atoms with van der Waals surface area (Å²) in [7, 11) is 0. The van der Waals surface area contributed by atoms with E-state index < -0.39 is 0 Å². The zero-order chi connectivity index (χ0) is 35.4. The topological polar surface area (TPSA) is 79.6 Å². The van der Waals surface area contributed by atoms with Gasteiger partial charge in [0.05, 0.1) is 17.2 Å². The lowest BCUT2D eigenvalue weighted by molar-refractivity contribution is 0.214. The van der Waals surface area contributed by atoms with E-state index in [0.29, 0.717) is 35.6 Å². The second-order valence-corrected chi connectivity index (χ2v) is 14.4. The molecule has 2 fully saturated rings. The summed E-state index contributed by atoms with van der Waals surface area (Å²) in [5.41, 5.74) is 8.08. The van der Waals surface area contributed by atoms with Crippen LogP contribution in [0.2, 0.25) is 5.02 Å². The maximum Gasteiger partial charge on any atom is 0.142 e. The molecule has 0 spiro atoms. The van der Waals surface area contributed by atoms with E-state index in [9.17, 15) is 5.26 Å². The Morgan fingerprint density at radius 2 is 1.55 bits per heavy atom. The quantitative estimate of drug-likeness (QED) is 0.123. The molecule has 1 saturated heterocycles. The summed E-state index contributed by atoms with van der Waals surface area (Å²) in [6.07, 6.45) is 14.6. The van der Waals surface area contributed by atoms with Gasteiger partial charge in [0.2, 0.25) is 0 Å². The largest absolute Gasteiger partial charge is 0.493 e. The van der Waals surface area contributed by atoms with Crippen molar-refractivity contribution in [2.24, 2.45) is 0 Å². The van der Waals surface area contributed by atoms with Gasteiger partial charge in [-0.2, -0.15) is 5.26 Å². The minimum absolute atomic E-state index is 0.289. The van der Waals surface area contributed by atoms with Crippen molar-refractivity contribution in [1.29, 1.82) is 5.26 Å². The Balaban J connectivity index is 1.14. The normalized spacial score (nSPS) is 15.3. The molecule has 0 atom stereocenters. The van der Waals surface area contributed by atoms with Crippen LogP contribution >= 0.6 is 11.6 Å². The summed E-state index contributed by atoms with van der Waals surface area (Å²) in [5.74, 6) is 2.24. The molecule has 1 N–H and O–H groups in total. The van der Waals surface area contributed by atoms with Gasteiger partial charge in [-0.25, -0.2) is 0 Å². The molecule has 3 aromatic carbocycles. The van der Waals surface area contributed by atoms with Gasteiger partial charge in [-0.3, -0.25) is 9.88 Å². The van der Waals surface area contributed by atoms with E-state index in [0.717, 1.165) is 77.5 Å². The highest BCUT2D eigenvalue weighted by molar-refractivity contribution is 6.32. The van der Waals surface area contributed by atoms with Crippen LogP contribution in [-0.2, 0) is 19.8 Å². The third-order valence-corrected chi connectivity index (χ3v) is 10.6. The van der Waals surface area contributed by atoms with Crippen LogP contribution in [0.3, 0.4) is 0 Å². The van der Waals surface area contributed by atoms with Gasteiger partial charge < -0.3 is 19.5 Å². The van der Waals surface area contributed by atoms with Crippen molar-refractivity contribution < 1.29 is 14.2 Å². The molecule has 1 aliphatic heterocycles. The molecule has 7 nitrogen and oxygen atoms in total. The number of aromatic nitrogens is 1. The van der Waals surface area contributed by atoms with Crippen molar-refractivity contribution in [1.82, 2.24) is 15.2 Å². The number of nitriles is 1. The molecule has 1 saturated carbocycles. The second-order valence-electron chi connectivity index (χ2n) is 14.0. The van der Waals surface area contributed by atoms with Gasteiger partial charge >= 0.3 is 0 Å². The summed E-state index contributed by atoms with van der Waals surface area (Å²) in [5, 5.41) is 13.6. The van der Waals surface area contributed by atoms with Gasteiger partial charge in [-0.1, -0.05) is 67.6 Å². The number of nitrogens with zero attached hydrogens (tertiary/aromatic N) is 3. The van der Waals surface area contributed by atoms with Crippen molar-refractivity contribution in [2.75, 3.05) is 26.2 Å². The fourth-order valence-corrected chi connectivity index (χ4v) is 7.55. The van der Waals surface area contributed by atoms with Gasteiger partial charge in [0.1, 0.15) is 36.5 Å². The predicted molar refractivity (Wildman–Crippen MR) is 205 cm³/mol. The Morgan fingerprint density at radius 1 is 0.804 bits per heavy atom. The fourth-order valence-electron chi connectivity index (χ4n) is 7.31. The lowest BCUT2D eigenvalue weighted by Crippen LogP contribution is -2.32. The molecule has 0 radical (unpaired) electrons. The van der Waals surface area contributed by atoms with E-state index in [-0.39, 0.29) is 6.61 Å². The number of ether oxygens (including phenoxy) is 3. The van der Waals surface area contributed by atoms with Gasteiger partial charge in [0, 0.05) is 42.2 Å². The molecule has 1 aliphatic carbocycles. The third-order valence-electron chi connectivity index (χ3n) is 10.3. The maximum absolute atomic E-state index is 9.33. The molecular weight excluding hydrogens is 656 g/mol. The van der Waals surface area contributed by atoms with E-state index in [1.165, 1.54) is 56.9 Å². The van der Waals surface area contributed by atoms with Crippen LogP contribution in [0.1, 0.15) is 91.2 Å². The second kappa shape index (κ2) is 18.4. The number of likely N-dealkylation sites (tertiary alicyclic amines) is 1. The van der Waals surface area contributed by atoms with E-state index in [2.05, 4.69) is 71.5 Å². The standard InChI is InChI=1S/C43H51ClN4O3/c1-31-35(12-9-15-38(31)39-16-10-17-41(32(39)2)49-21-11-18-47-37-13-5-3-6-14-37)30-51-43-24-42(50-29-34-22-33(25-45)26-46-27-34)36(23-40(43)44)28-48-19-7-4-8-20-48/h9-10,12,15-17,22-24,26-27,37,47H,3-8,11,13-14,18-21,28-30H2,1-2H3. The molecule has 51 heavy (non-hydrogen) atoms. The molecule has 6 rings (SSSR count). The number of hydrogen-bond acceptors (Lipinski definition) is 7. The molecule has 2 heterocycles. The SMILES string of the molecule is Cc1c(COc2cc(OCc3cncc(C#N)c3)c(CN3CCCCC3)cc2Cl)cccc1-c1cccc(OCCCNC2CCCCC2)c1C. The number of nitrogens with one attached hydrogen (secondary N) is 1. The lowest BCUT2D eigenvalue weighted by atomic mass is 9.93. The minimum atomic E-state index is 0.289. The number of rotatable bonds is 15. The van der Waals surface area contributed by atoms with E-state index in [1.54, 1.807) is 18.5 Å². The van der Waals surface area contributed by atoms with Gasteiger partial charge in [0.15, 0.2) is 0 Å². The van der Waals surface area contributed by atoms with Gasteiger partial charge in [-0.15, -0.1) is 0 Å². The summed E-state index contributed by atoms with van der Waals surface area (Å²) in [6, 6.07) is 21.2. The van der Waals surface area contributed by atoms with E-state index in [1.807, 2.05) is 12.1 Å². The number of halogens is 1. The molecule has 0 unspecified atom stereocenters. The van der Waals surface area contributed by atoms with Crippen molar-refractivity contribution >= 4 is 11.6 Å². The summed E-state index contributed by atoms with van der Waals surface area (Å²) in [4.78, 5) is 6.65. The Labute approximate surface area is 308 Å².